The zero-order valence-corrected chi connectivity index (χ0v) is 36.9. The molecule has 0 aliphatic rings. The minimum atomic E-state index is 0.585. The van der Waals surface area contributed by atoms with Gasteiger partial charge in [0, 0.05) is 22.3 Å². The number of nitrogens with zero attached hydrogens (tertiary/aromatic N) is 4. The van der Waals surface area contributed by atoms with E-state index in [9.17, 15) is 5.26 Å². The van der Waals surface area contributed by atoms with E-state index in [2.05, 4.69) is 200 Å². The first-order chi connectivity index (χ1) is 33.7. The third-order valence-electron chi connectivity index (χ3n) is 13.0. The Morgan fingerprint density at radius 1 is 0.265 bits per heavy atom. The Morgan fingerprint density at radius 2 is 0.779 bits per heavy atom. The molecule has 4 nitrogen and oxygen atoms in total. The quantitative estimate of drug-likeness (QED) is 0.143. The fourth-order valence-corrected chi connectivity index (χ4v) is 9.72. The molecule has 11 aromatic carbocycles. The number of rotatable bonds is 8. The molecule has 0 aliphatic heterocycles. The normalized spacial score (nSPS) is 11.2. The second-order valence-electron chi connectivity index (χ2n) is 17.0. The summed E-state index contributed by atoms with van der Waals surface area (Å²) in [7, 11) is 0. The first-order valence-corrected chi connectivity index (χ1v) is 22.8. The first kappa shape index (κ1) is 40.2. The molecule has 0 spiro atoms. The molecule has 68 heavy (non-hydrogen) atoms. The summed E-state index contributed by atoms with van der Waals surface area (Å²) in [6.07, 6.45) is 0. The Balaban J connectivity index is 0.967. The van der Waals surface area contributed by atoms with Crippen LogP contribution in [-0.2, 0) is 0 Å². The van der Waals surface area contributed by atoms with Crippen LogP contribution < -0.4 is 0 Å². The fourth-order valence-electron chi connectivity index (χ4n) is 9.72. The molecule has 316 valence electrons. The minimum Gasteiger partial charge on any atom is -0.208 e. The molecule has 0 saturated carbocycles. The third kappa shape index (κ3) is 7.35. The summed E-state index contributed by atoms with van der Waals surface area (Å²) in [6, 6.07) is 87.0. The second-order valence-corrected chi connectivity index (χ2v) is 17.0. The summed E-state index contributed by atoms with van der Waals surface area (Å²) in [5.41, 5.74) is 13.7. The Bertz CT molecular complexity index is 3940. The molecule has 0 radical (unpaired) electrons. The molecule has 0 saturated heterocycles. The summed E-state index contributed by atoms with van der Waals surface area (Å²) < 4.78 is 0. The Labute approximate surface area is 394 Å². The second kappa shape index (κ2) is 17.2. The molecular formula is C64H40N4. The molecule has 0 bridgehead atoms. The van der Waals surface area contributed by atoms with Gasteiger partial charge in [0.2, 0.25) is 0 Å². The summed E-state index contributed by atoms with van der Waals surface area (Å²) in [5, 5.41) is 17.9. The van der Waals surface area contributed by atoms with Gasteiger partial charge in [-0.3, -0.25) is 0 Å². The molecule has 0 aliphatic carbocycles. The maximum Gasteiger partial charge on any atom is 0.164 e. The van der Waals surface area contributed by atoms with E-state index in [0.717, 1.165) is 72.3 Å². The molecule has 0 N–H and O–H groups in total. The largest absolute Gasteiger partial charge is 0.208 e. The molecule has 0 fully saturated rings. The number of benzene rings is 11. The van der Waals surface area contributed by atoms with Crippen molar-refractivity contribution in [1.29, 1.82) is 5.26 Å². The number of fused-ring (bicyclic) bond motifs is 4. The van der Waals surface area contributed by atoms with Crippen LogP contribution in [0.25, 0.3) is 122 Å². The highest BCUT2D eigenvalue weighted by Gasteiger charge is 2.20. The van der Waals surface area contributed by atoms with Crippen LogP contribution in [-0.4, -0.2) is 15.0 Å². The van der Waals surface area contributed by atoms with Gasteiger partial charge in [0.25, 0.3) is 0 Å². The number of hydrogen-bond acceptors (Lipinski definition) is 4. The van der Waals surface area contributed by atoms with Gasteiger partial charge in [-0.25, -0.2) is 15.0 Å². The van der Waals surface area contributed by atoms with Crippen molar-refractivity contribution in [2.24, 2.45) is 0 Å². The molecule has 1 heterocycles. The highest BCUT2D eigenvalue weighted by atomic mass is 15.0. The van der Waals surface area contributed by atoms with Gasteiger partial charge in [-0.2, -0.15) is 5.26 Å². The van der Waals surface area contributed by atoms with Gasteiger partial charge in [0.15, 0.2) is 17.5 Å². The lowest BCUT2D eigenvalue weighted by atomic mass is 9.84. The van der Waals surface area contributed by atoms with Crippen molar-refractivity contribution in [2.75, 3.05) is 0 Å². The molecular weight excluding hydrogens is 825 g/mol. The minimum absolute atomic E-state index is 0.585. The van der Waals surface area contributed by atoms with Gasteiger partial charge < -0.3 is 0 Å². The Hall–Kier alpha value is -9.30. The summed E-state index contributed by atoms with van der Waals surface area (Å²) in [6.45, 7) is 0. The van der Waals surface area contributed by atoms with E-state index in [0.29, 0.717) is 23.0 Å². The van der Waals surface area contributed by atoms with Crippen molar-refractivity contribution >= 4 is 32.3 Å². The van der Waals surface area contributed by atoms with Crippen LogP contribution in [0.15, 0.2) is 243 Å². The summed E-state index contributed by atoms with van der Waals surface area (Å²) in [5.74, 6) is 1.79. The molecule has 12 aromatic rings. The maximum absolute atomic E-state index is 10.7. The Kier molecular flexibility index (Phi) is 10.2. The van der Waals surface area contributed by atoms with Crippen LogP contribution in [0.4, 0.5) is 0 Å². The topological polar surface area (TPSA) is 62.5 Å². The van der Waals surface area contributed by atoms with Crippen LogP contribution in [0.5, 0.6) is 0 Å². The predicted molar refractivity (Wildman–Crippen MR) is 281 cm³/mol. The monoisotopic (exact) mass is 864 g/mol. The van der Waals surface area contributed by atoms with Crippen molar-refractivity contribution < 1.29 is 0 Å². The van der Waals surface area contributed by atoms with Crippen LogP contribution in [0, 0.1) is 11.3 Å². The van der Waals surface area contributed by atoms with Crippen LogP contribution >= 0.6 is 0 Å². The van der Waals surface area contributed by atoms with E-state index >= 15 is 0 Å². The SMILES string of the molecule is N#Cc1cccc(-c2cccc(-c3cccc(-c4nc(-c5ccccc5)nc(-c5ccccc5-c5ccc6ccccc6c5)n4)c3)c2)c1-c1ccccc1-c1cc2ccccc2c2ccccc12. The molecule has 4 heteroatoms. The van der Waals surface area contributed by atoms with Crippen LogP contribution in [0.1, 0.15) is 5.56 Å². The lowest BCUT2D eigenvalue weighted by Crippen LogP contribution is -2.01. The Morgan fingerprint density at radius 3 is 1.56 bits per heavy atom. The predicted octanol–water partition coefficient (Wildman–Crippen LogP) is 16.5. The molecule has 0 amide bonds. The molecule has 1 aromatic heterocycles. The van der Waals surface area contributed by atoms with E-state index in [4.69, 9.17) is 15.0 Å². The first-order valence-electron chi connectivity index (χ1n) is 22.8. The highest BCUT2D eigenvalue weighted by molar-refractivity contribution is 6.15. The van der Waals surface area contributed by atoms with Crippen molar-refractivity contribution in [3.63, 3.8) is 0 Å². The number of aromatic nitrogens is 3. The van der Waals surface area contributed by atoms with E-state index < -0.39 is 0 Å². The average molecular weight is 865 g/mol. The highest BCUT2D eigenvalue weighted by Crippen LogP contribution is 2.44. The van der Waals surface area contributed by atoms with E-state index in [1.807, 2.05) is 48.5 Å². The fraction of sp³-hybridized carbons (Fsp3) is 0. The zero-order chi connectivity index (χ0) is 45.4. The molecule has 0 unspecified atom stereocenters. The van der Waals surface area contributed by atoms with Gasteiger partial charge in [-0.15, -0.1) is 0 Å². The summed E-state index contributed by atoms with van der Waals surface area (Å²) >= 11 is 0. The van der Waals surface area contributed by atoms with E-state index in [1.54, 1.807) is 0 Å². The van der Waals surface area contributed by atoms with Crippen molar-refractivity contribution in [1.82, 2.24) is 15.0 Å². The van der Waals surface area contributed by atoms with E-state index in [-0.39, 0.29) is 0 Å². The number of hydrogen-bond donors (Lipinski definition) is 0. The standard InChI is InChI=1S/C64H40N4/c65-41-51-26-16-34-54(61(51)58-32-12-11-31-57(58)60-40-48-21-6-7-27-52(48)55-29-9-10-30-56(55)60)47-24-14-22-45(38-47)46-23-15-25-50(39-46)63-66-62(43-18-2-1-3-19-43)67-64(68-63)59-33-13-8-28-53(59)49-36-35-42-17-4-5-20-44(42)37-49/h1-40H. The van der Waals surface area contributed by atoms with Crippen molar-refractivity contribution in [3.8, 4) is 95.9 Å². The zero-order valence-electron chi connectivity index (χ0n) is 36.9. The van der Waals surface area contributed by atoms with E-state index in [1.165, 1.54) is 32.3 Å². The van der Waals surface area contributed by atoms with Crippen molar-refractivity contribution in [3.05, 3.63) is 248 Å². The van der Waals surface area contributed by atoms with Crippen LogP contribution in [0.2, 0.25) is 0 Å². The van der Waals surface area contributed by atoms with Gasteiger partial charge in [0.05, 0.1) is 11.6 Å². The molecule has 12 rings (SSSR count). The van der Waals surface area contributed by atoms with Crippen molar-refractivity contribution in [2.45, 2.75) is 0 Å². The van der Waals surface area contributed by atoms with Gasteiger partial charge in [0.1, 0.15) is 0 Å². The maximum atomic E-state index is 10.7. The lowest BCUT2D eigenvalue weighted by Gasteiger charge is -2.18. The lowest BCUT2D eigenvalue weighted by molar-refractivity contribution is 1.07. The summed E-state index contributed by atoms with van der Waals surface area (Å²) in [4.78, 5) is 15.5. The smallest absolute Gasteiger partial charge is 0.164 e. The number of nitriles is 1. The van der Waals surface area contributed by atoms with Crippen LogP contribution in [0.3, 0.4) is 0 Å². The average Bonchev–Trinajstić information content (AvgIpc) is 3.42. The van der Waals surface area contributed by atoms with Gasteiger partial charge in [-0.05, 0) is 113 Å². The molecule has 0 atom stereocenters. The van der Waals surface area contributed by atoms with Gasteiger partial charge in [-0.1, -0.05) is 212 Å². The third-order valence-corrected chi connectivity index (χ3v) is 13.0. The van der Waals surface area contributed by atoms with Gasteiger partial charge >= 0.3 is 0 Å².